The van der Waals surface area contributed by atoms with Crippen LogP contribution in [0.15, 0.2) is 64.6 Å². The Bertz CT molecular complexity index is 996. The minimum atomic E-state index is -0.0290. The van der Waals surface area contributed by atoms with E-state index >= 15 is 0 Å². The fourth-order valence-corrected chi connectivity index (χ4v) is 3.74. The lowest BCUT2D eigenvalue weighted by Gasteiger charge is -2.08. The number of H-pyrrole nitrogens is 1. The topological polar surface area (TPSA) is 66.7 Å². The van der Waals surface area contributed by atoms with Crippen molar-refractivity contribution < 1.29 is 5.11 Å². The second kappa shape index (κ2) is 6.92. The predicted molar refractivity (Wildman–Crippen MR) is 98.9 cm³/mol. The zero-order chi connectivity index (χ0) is 17.2. The van der Waals surface area contributed by atoms with Gasteiger partial charge >= 0.3 is 0 Å². The Morgan fingerprint density at radius 1 is 1.08 bits per heavy atom. The van der Waals surface area contributed by atoms with E-state index in [1.807, 2.05) is 34.9 Å². The molecule has 0 spiro atoms. The lowest BCUT2D eigenvalue weighted by Crippen LogP contribution is -2.05. The van der Waals surface area contributed by atoms with Crippen LogP contribution < -0.4 is 0 Å². The number of nitrogens with zero attached hydrogens (tertiary/aromatic N) is 3. The fraction of sp³-hybridized carbons (Fsp3) is 0.111. The van der Waals surface area contributed by atoms with Gasteiger partial charge in [-0.2, -0.15) is 5.10 Å². The van der Waals surface area contributed by atoms with Crippen molar-refractivity contribution in [3.05, 3.63) is 71.4 Å². The second-order valence-electron chi connectivity index (χ2n) is 5.57. The Balaban J connectivity index is 1.71. The maximum atomic E-state index is 9.69. The molecule has 5 nitrogen and oxygen atoms in total. The average Bonchev–Trinajstić information content (AvgIpc) is 3.25. The molecule has 2 heterocycles. The summed E-state index contributed by atoms with van der Waals surface area (Å²) in [7, 11) is 0. The molecule has 0 aliphatic carbocycles. The fourth-order valence-electron chi connectivity index (χ4n) is 2.76. The molecule has 0 fully saturated rings. The summed E-state index contributed by atoms with van der Waals surface area (Å²) in [5.41, 5.74) is 1.89. The molecular formula is C18H15ClN4OS. The van der Waals surface area contributed by atoms with Gasteiger partial charge in [0.25, 0.3) is 0 Å². The minimum Gasteiger partial charge on any atom is -0.390 e. The van der Waals surface area contributed by atoms with Gasteiger partial charge in [-0.3, -0.25) is 5.10 Å². The summed E-state index contributed by atoms with van der Waals surface area (Å²) >= 11 is 7.62. The Morgan fingerprint density at radius 3 is 2.60 bits per heavy atom. The zero-order valence-electron chi connectivity index (χ0n) is 13.2. The molecule has 0 unspecified atom stereocenters. The maximum absolute atomic E-state index is 9.69. The molecule has 0 saturated carbocycles. The number of hydrogen-bond donors (Lipinski definition) is 2. The number of hydrogen-bond acceptors (Lipinski definition) is 4. The number of halogens is 1. The monoisotopic (exact) mass is 370 g/mol. The van der Waals surface area contributed by atoms with E-state index in [1.165, 1.54) is 0 Å². The molecule has 25 heavy (non-hydrogen) atoms. The van der Waals surface area contributed by atoms with Crippen LogP contribution in [0.3, 0.4) is 0 Å². The van der Waals surface area contributed by atoms with Gasteiger partial charge < -0.3 is 9.67 Å². The normalized spacial score (nSPS) is 11.3. The van der Waals surface area contributed by atoms with Gasteiger partial charge in [0, 0.05) is 31.4 Å². The molecule has 0 atom stereocenters. The Kier molecular flexibility index (Phi) is 4.48. The van der Waals surface area contributed by atoms with E-state index in [-0.39, 0.29) is 6.61 Å². The van der Waals surface area contributed by atoms with E-state index in [0.29, 0.717) is 12.4 Å². The first-order valence-corrected chi connectivity index (χ1v) is 8.93. The molecule has 0 bridgehead atoms. The highest BCUT2D eigenvalue weighted by Crippen LogP contribution is 2.32. The molecule has 0 amide bonds. The van der Waals surface area contributed by atoms with Gasteiger partial charge in [-0.1, -0.05) is 29.4 Å². The van der Waals surface area contributed by atoms with Crippen LogP contribution >= 0.6 is 23.4 Å². The second-order valence-corrected chi connectivity index (χ2v) is 7.16. The molecule has 0 radical (unpaired) electrons. The van der Waals surface area contributed by atoms with Crippen LogP contribution in [0.1, 0.15) is 11.5 Å². The largest absolute Gasteiger partial charge is 0.390 e. The Labute approximate surface area is 153 Å². The quantitative estimate of drug-likeness (QED) is 0.555. The number of fused-ring (bicyclic) bond motifs is 1. The molecule has 0 aliphatic heterocycles. The van der Waals surface area contributed by atoms with Crippen LogP contribution in [0.4, 0.5) is 0 Å². The highest BCUT2D eigenvalue weighted by molar-refractivity contribution is 7.99. The van der Waals surface area contributed by atoms with Crippen molar-refractivity contribution in [2.45, 2.75) is 22.9 Å². The van der Waals surface area contributed by atoms with E-state index < -0.39 is 0 Å². The number of rotatable bonds is 5. The lowest BCUT2D eigenvalue weighted by atomic mass is 10.2. The van der Waals surface area contributed by atoms with Gasteiger partial charge in [0.15, 0.2) is 5.82 Å². The maximum Gasteiger partial charge on any atom is 0.169 e. The van der Waals surface area contributed by atoms with Gasteiger partial charge in [0.05, 0.1) is 13.2 Å². The SMILES string of the molecule is OCc1cc2ccc(Sc3ccc(Cl)cc3)cc2n1Cc1nc[nH]n1. The molecular weight excluding hydrogens is 356 g/mol. The van der Waals surface area contributed by atoms with Crippen LogP contribution in [0, 0.1) is 0 Å². The summed E-state index contributed by atoms with van der Waals surface area (Å²) in [4.78, 5) is 6.43. The van der Waals surface area contributed by atoms with Crippen molar-refractivity contribution in [2.75, 3.05) is 0 Å². The highest BCUT2D eigenvalue weighted by atomic mass is 35.5. The Morgan fingerprint density at radius 2 is 1.88 bits per heavy atom. The molecule has 4 aromatic rings. The summed E-state index contributed by atoms with van der Waals surface area (Å²) in [5, 5.41) is 18.3. The predicted octanol–water partition coefficient (Wildman–Crippen LogP) is 4.10. The minimum absolute atomic E-state index is 0.0290. The van der Waals surface area contributed by atoms with E-state index in [0.717, 1.165) is 31.4 Å². The van der Waals surface area contributed by atoms with Crippen molar-refractivity contribution in [1.29, 1.82) is 0 Å². The summed E-state index contributed by atoms with van der Waals surface area (Å²) in [6, 6.07) is 16.1. The lowest BCUT2D eigenvalue weighted by molar-refractivity contribution is 0.272. The summed E-state index contributed by atoms with van der Waals surface area (Å²) < 4.78 is 2.05. The first-order valence-electron chi connectivity index (χ1n) is 7.74. The van der Waals surface area contributed by atoms with E-state index in [2.05, 4.69) is 33.4 Å². The van der Waals surface area contributed by atoms with Crippen molar-refractivity contribution in [2.24, 2.45) is 0 Å². The highest BCUT2D eigenvalue weighted by Gasteiger charge is 2.11. The first kappa shape index (κ1) is 16.2. The summed E-state index contributed by atoms with van der Waals surface area (Å²) in [6.07, 6.45) is 1.56. The van der Waals surface area contributed by atoms with Crippen molar-refractivity contribution >= 4 is 34.3 Å². The smallest absolute Gasteiger partial charge is 0.169 e. The molecule has 7 heteroatoms. The molecule has 0 aliphatic rings. The van der Waals surface area contributed by atoms with Crippen LogP contribution in [-0.2, 0) is 13.2 Å². The molecule has 0 saturated heterocycles. The van der Waals surface area contributed by atoms with Crippen LogP contribution in [0.25, 0.3) is 10.9 Å². The molecule has 2 aromatic carbocycles. The van der Waals surface area contributed by atoms with Gasteiger partial charge in [-0.25, -0.2) is 4.98 Å². The third-order valence-corrected chi connectivity index (χ3v) is 5.19. The van der Waals surface area contributed by atoms with Crippen LogP contribution in [-0.4, -0.2) is 24.9 Å². The zero-order valence-corrected chi connectivity index (χ0v) is 14.8. The molecule has 2 aromatic heterocycles. The number of aromatic nitrogens is 4. The van der Waals surface area contributed by atoms with Crippen molar-refractivity contribution in [3.63, 3.8) is 0 Å². The van der Waals surface area contributed by atoms with Gasteiger partial charge in [0.2, 0.25) is 0 Å². The molecule has 126 valence electrons. The first-order chi connectivity index (χ1) is 12.2. The average molecular weight is 371 g/mol. The standard InChI is InChI=1S/C18H15ClN4OS/c19-13-2-5-15(6-3-13)25-16-4-1-12-7-14(10-24)23(17(12)8-16)9-18-20-11-21-22-18/h1-8,11,24H,9-10H2,(H,20,21,22). The number of aliphatic hydroxyl groups is 1. The number of aliphatic hydroxyl groups excluding tert-OH is 1. The Hall–Kier alpha value is -2.28. The van der Waals surface area contributed by atoms with Gasteiger partial charge in [-0.15, -0.1) is 0 Å². The molecule has 2 N–H and O–H groups in total. The van der Waals surface area contributed by atoms with Crippen molar-refractivity contribution in [1.82, 2.24) is 19.7 Å². The summed E-state index contributed by atoms with van der Waals surface area (Å²) in [6.45, 7) is 0.483. The van der Waals surface area contributed by atoms with Gasteiger partial charge in [-0.05, 0) is 42.5 Å². The molecule has 4 rings (SSSR count). The van der Waals surface area contributed by atoms with Gasteiger partial charge in [0.1, 0.15) is 6.33 Å². The van der Waals surface area contributed by atoms with E-state index in [4.69, 9.17) is 11.6 Å². The van der Waals surface area contributed by atoms with E-state index in [9.17, 15) is 5.11 Å². The third-order valence-electron chi connectivity index (χ3n) is 3.94. The van der Waals surface area contributed by atoms with Crippen LogP contribution in [0.5, 0.6) is 0 Å². The van der Waals surface area contributed by atoms with E-state index in [1.54, 1.807) is 18.1 Å². The van der Waals surface area contributed by atoms with Crippen molar-refractivity contribution in [3.8, 4) is 0 Å². The number of aromatic amines is 1. The summed E-state index contributed by atoms with van der Waals surface area (Å²) in [5.74, 6) is 0.683. The number of benzene rings is 2. The third kappa shape index (κ3) is 3.42. The number of nitrogens with one attached hydrogen (secondary N) is 1. The van der Waals surface area contributed by atoms with Crippen LogP contribution in [0.2, 0.25) is 5.02 Å².